The van der Waals surface area contributed by atoms with Crippen molar-refractivity contribution in [3.8, 4) is 5.75 Å². The van der Waals surface area contributed by atoms with Crippen molar-refractivity contribution in [2.45, 2.75) is 26.0 Å². The molecule has 0 heterocycles. The molecule has 2 aromatic rings. The highest BCUT2D eigenvalue weighted by atomic mass is 35.5. The van der Waals surface area contributed by atoms with Gasteiger partial charge in [0.2, 0.25) is 0 Å². The van der Waals surface area contributed by atoms with E-state index in [1.165, 1.54) is 12.1 Å². The van der Waals surface area contributed by atoms with Gasteiger partial charge in [-0.25, -0.2) is 4.39 Å². The first kappa shape index (κ1) is 16.1. The van der Waals surface area contributed by atoms with Crippen LogP contribution in [0.4, 0.5) is 4.39 Å². The molecule has 0 spiro atoms. The van der Waals surface area contributed by atoms with Crippen LogP contribution in [-0.4, -0.2) is 6.04 Å². The van der Waals surface area contributed by atoms with E-state index in [-0.39, 0.29) is 18.5 Å². The zero-order valence-corrected chi connectivity index (χ0v) is 13.1. The van der Waals surface area contributed by atoms with Crippen LogP contribution >= 0.6 is 23.2 Å². The van der Waals surface area contributed by atoms with Crippen molar-refractivity contribution in [3.63, 3.8) is 0 Å². The Labute approximate surface area is 133 Å². The first-order valence-electron chi connectivity index (χ1n) is 6.57. The van der Waals surface area contributed by atoms with Gasteiger partial charge in [-0.05, 0) is 49.2 Å². The number of ether oxygens (including phenoxy) is 1. The van der Waals surface area contributed by atoms with Crippen molar-refractivity contribution in [1.29, 1.82) is 0 Å². The fourth-order valence-corrected chi connectivity index (χ4v) is 2.52. The summed E-state index contributed by atoms with van der Waals surface area (Å²) in [6.45, 7) is 2.08. The molecular formula is C16H16Cl2FNO. The van der Waals surface area contributed by atoms with Crippen molar-refractivity contribution in [2.75, 3.05) is 0 Å². The zero-order chi connectivity index (χ0) is 15.4. The summed E-state index contributed by atoms with van der Waals surface area (Å²) in [5, 5.41) is 1.08. The van der Waals surface area contributed by atoms with Crippen molar-refractivity contribution in [3.05, 3.63) is 63.4 Å². The molecule has 0 aliphatic heterocycles. The molecule has 0 radical (unpaired) electrons. The number of rotatable bonds is 5. The van der Waals surface area contributed by atoms with Crippen LogP contribution in [0.1, 0.15) is 18.1 Å². The number of nitrogens with two attached hydrogens (primary N) is 1. The van der Waals surface area contributed by atoms with E-state index in [1.807, 2.05) is 6.92 Å². The van der Waals surface area contributed by atoms with Gasteiger partial charge in [0.05, 0.1) is 0 Å². The van der Waals surface area contributed by atoms with Crippen LogP contribution in [0.3, 0.4) is 0 Å². The van der Waals surface area contributed by atoms with Gasteiger partial charge in [-0.3, -0.25) is 0 Å². The van der Waals surface area contributed by atoms with Gasteiger partial charge in [0.25, 0.3) is 0 Å². The predicted molar refractivity (Wildman–Crippen MR) is 84.5 cm³/mol. The van der Waals surface area contributed by atoms with Gasteiger partial charge in [0, 0.05) is 21.7 Å². The monoisotopic (exact) mass is 327 g/mol. The maximum atomic E-state index is 13.4. The molecule has 1 atom stereocenters. The largest absolute Gasteiger partial charge is 0.489 e. The number of hydrogen-bond donors (Lipinski definition) is 1. The Hall–Kier alpha value is -1.29. The third-order valence-corrected chi connectivity index (χ3v) is 3.71. The third-order valence-electron chi connectivity index (χ3n) is 3.00. The molecule has 0 aliphatic rings. The third kappa shape index (κ3) is 4.34. The van der Waals surface area contributed by atoms with E-state index in [0.717, 1.165) is 5.56 Å². The lowest BCUT2D eigenvalue weighted by molar-refractivity contribution is 0.302. The summed E-state index contributed by atoms with van der Waals surface area (Å²) in [6.07, 6.45) is 0.531. The minimum absolute atomic E-state index is 0.0851. The summed E-state index contributed by atoms with van der Waals surface area (Å²) in [5.74, 6) is 0.276. The Morgan fingerprint density at radius 3 is 2.48 bits per heavy atom. The van der Waals surface area contributed by atoms with E-state index < -0.39 is 0 Å². The number of benzene rings is 2. The minimum atomic E-state index is -0.311. The first-order chi connectivity index (χ1) is 9.97. The summed E-state index contributed by atoms with van der Waals surface area (Å²) in [5.41, 5.74) is 7.21. The zero-order valence-electron chi connectivity index (χ0n) is 11.6. The van der Waals surface area contributed by atoms with Crippen LogP contribution in [0, 0.1) is 5.82 Å². The molecule has 112 valence electrons. The topological polar surface area (TPSA) is 35.2 Å². The Bertz CT molecular complexity index is 611. The second kappa shape index (κ2) is 7.12. The Morgan fingerprint density at radius 1 is 1.19 bits per heavy atom. The van der Waals surface area contributed by atoms with Gasteiger partial charge < -0.3 is 10.5 Å². The molecule has 2 rings (SSSR count). The second-order valence-electron chi connectivity index (χ2n) is 4.92. The SMILES string of the molecule is CC(N)Cc1cc(F)ccc1OCc1c(Cl)cccc1Cl. The van der Waals surface area contributed by atoms with Gasteiger partial charge in [0.15, 0.2) is 0 Å². The molecule has 2 nitrogen and oxygen atoms in total. The van der Waals surface area contributed by atoms with Crippen LogP contribution in [0.5, 0.6) is 5.75 Å². The molecule has 0 bridgehead atoms. The van der Waals surface area contributed by atoms with Gasteiger partial charge in [0.1, 0.15) is 18.2 Å². The Kier molecular flexibility index (Phi) is 5.45. The molecule has 0 aliphatic carbocycles. The normalized spacial score (nSPS) is 12.2. The van der Waals surface area contributed by atoms with Gasteiger partial charge in [-0.2, -0.15) is 0 Å². The van der Waals surface area contributed by atoms with E-state index in [0.29, 0.717) is 27.8 Å². The maximum Gasteiger partial charge on any atom is 0.123 e. The number of halogens is 3. The molecule has 2 aromatic carbocycles. The Balaban J connectivity index is 2.20. The Morgan fingerprint density at radius 2 is 1.86 bits per heavy atom. The fraction of sp³-hybridized carbons (Fsp3) is 0.250. The molecule has 1 unspecified atom stereocenters. The van der Waals surface area contributed by atoms with E-state index in [9.17, 15) is 4.39 Å². The lowest BCUT2D eigenvalue weighted by Gasteiger charge is -2.14. The van der Waals surface area contributed by atoms with Crippen molar-refractivity contribution in [1.82, 2.24) is 0 Å². The van der Waals surface area contributed by atoms with Gasteiger partial charge >= 0.3 is 0 Å². The smallest absolute Gasteiger partial charge is 0.123 e. The lowest BCUT2D eigenvalue weighted by Crippen LogP contribution is -2.18. The van der Waals surface area contributed by atoms with Crippen molar-refractivity contribution >= 4 is 23.2 Å². The minimum Gasteiger partial charge on any atom is -0.489 e. The van der Waals surface area contributed by atoms with Crippen LogP contribution < -0.4 is 10.5 Å². The van der Waals surface area contributed by atoms with Crippen molar-refractivity contribution < 1.29 is 9.13 Å². The highest BCUT2D eigenvalue weighted by Gasteiger charge is 2.11. The molecule has 0 fully saturated rings. The molecule has 0 aromatic heterocycles. The predicted octanol–water partition coefficient (Wildman–Crippen LogP) is 4.60. The summed E-state index contributed by atoms with van der Waals surface area (Å²) >= 11 is 12.2. The maximum absolute atomic E-state index is 13.4. The summed E-state index contributed by atoms with van der Waals surface area (Å²) in [7, 11) is 0. The highest BCUT2D eigenvalue weighted by molar-refractivity contribution is 6.35. The van der Waals surface area contributed by atoms with Crippen LogP contribution in [-0.2, 0) is 13.0 Å². The van der Waals surface area contributed by atoms with Crippen LogP contribution in [0.2, 0.25) is 10.0 Å². The summed E-state index contributed by atoms with van der Waals surface area (Å²) in [6, 6.07) is 9.57. The molecular weight excluding hydrogens is 312 g/mol. The molecule has 0 saturated heterocycles. The summed E-state index contributed by atoms with van der Waals surface area (Å²) in [4.78, 5) is 0. The average molecular weight is 328 g/mol. The molecule has 2 N–H and O–H groups in total. The molecule has 5 heteroatoms. The second-order valence-corrected chi connectivity index (χ2v) is 5.74. The summed E-state index contributed by atoms with van der Waals surface area (Å²) < 4.78 is 19.1. The average Bonchev–Trinajstić information content (AvgIpc) is 2.39. The van der Waals surface area contributed by atoms with Crippen LogP contribution in [0.15, 0.2) is 36.4 Å². The molecule has 21 heavy (non-hydrogen) atoms. The fourth-order valence-electron chi connectivity index (χ4n) is 2.02. The first-order valence-corrected chi connectivity index (χ1v) is 7.32. The highest BCUT2D eigenvalue weighted by Crippen LogP contribution is 2.27. The van der Waals surface area contributed by atoms with Crippen LogP contribution in [0.25, 0.3) is 0 Å². The molecule has 0 saturated carbocycles. The van der Waals surface area contributed by atoms with E-state index in [1.54, 1.807) is 24.3 Å². The van der Waals surface area contributed by atoms with E-state index in [2.05, 4.69) is 0 Å². The standard InChI is InChI=1S/C16H16Cl2FNO/c1-10(20)7-11-8-12(19)5-6-16(11)21-9-13-14(17)3-2-4-15(13)18/h2-6,8,10H,7,9,20H2,1H3. The molecule has 0 amide bonds. The number of hydrogen-bond acceptors (Lipinski definition) is 2. The van der Waals surface area contributed by atoms with E-state index >= 15 is 0 Å². The lowest BCUT2D eigenvalue weighted by atomic mass is 10.1. The van der Waals surface area contributed by atoms with Gasteiger partial charge in [-0.1, -0.05) is 29.3 Å². The van der Waals surface area contributed by atoms with Gasteiger partial charge in [-0.15, -0.1) is 0 Å². The van der Waals surface area contributed by atoms with E-state index in [4.69, 9.17) is 33.7 Å². The quantitative estimate of drug-likeness (QED) is 0.870. The van der Waals surface area contributed by atoms with Crippen molar-refractivity contribution in [2.24, 2.45) is 5.73 Å².